The molecule has 132 valence electrons. The van der Waals surface area contributed by atoms with Crippen LogP contribution in [0.4, 0.5) is 5.82 Å². The number of aromatic nitrogens is 2. The second kappa shape index (κ2) is 7.79. The molecule has 0 saturated heterocycles. The molecule has 1 heterocycles. The maximum atomic E-state index is 12.0. The van der Waals surface area contributed by atoms with E-state index in [1.54, 1.807) is 4.68 Å². The molecule has 0 radical (unpaired) electrons. The highest BCUT2D eigenvalue weighted by atomic mass is 35.5. The number of carbonyl (C=O) groups excluding carboxylic acids is 2. The van der Waals surface area contributed by atoms with Crippen molar-refractivity contribution in [3.63, 3.8) is 0 Å². The average Bonchev–Trinajstić information content (AvgIpc) is 2.79. The Labute approximate surface area is 143 Å². The lowest BCUT2D eigenvalue weighted by molar-refractivity contribution is -0.123. The maximum Gasteiger partial charge on any atom is 0.244 e. The van der Waals surface area contributed by atoms with E-state index in [4.69, 9.17) is 5.73 Å². The highest BCUT2D eigenvalue weighted by Crippen LogP contribution is 2.28. The van der Waals surface area contributed by atoms with E-state index < -0.39 is 0 Å². The normalized spacial score (nSPS) is 11.6. The van der Waals surface area contributed by atoms with Gasteiger partial charge in [0.25, 0.3) is 0 Å². The van der Waals surface area contributed by atoms with Crippen LogP contribution in [0.15, 0.2) is 6.07 Å². The first kappa shape index (κ1) is 21.4. The molecular weight excluding hydrogens is 318 g/mol. The minimum atomic E-state index is -0.366. The lowest BCUT2D eigenvalue weighted by Crippen LogP contribution is -2.37. The van der Waals surface area contributed by atoms with E-state index in [2.05, 4.69) is 36.5 Å². The summed E-state index contributed by atoms with van der Waals surface area (Å²) in [6.07, 6.45) is 0. The molecule has 0 saturated carbocycles. The van der Waals surface area contributed by atoms with E-state index in [1.165, 1.54) is 0 Å². The molecule has 0 aliphatic carbocycles. The number of anilines is 1. The van der Waals surface area contributed by atoms with Crippen LogP contribution in [0, 0.1) is 0 Å². The first-order valence-electron chi connectivity index (χ1n) is 7.33. The number of nitrogens with zero attached hydrogens (tertiary/aromatic N) is 2. The molecule has 4 N–H and O–H groups in total. The Morgan fingerprint density at radius 2 is 1.74 bits per heavy atom. The smallest absolute Gasteiger partial charge is 0.244 e. The van der Waals surface area contributed by atoms with Gasteiger partial charge in [-0.3, -0.25) is 9.59 Å². The highest BCUT2D eigenvalue weighted by Gasteiger charge is 2.25. The summed E-state index contributed by atoms with van der Waals surface area (Å²) in [6.45, 7) is 12.0. The number of rotatable bonds is 4. The summed E-state index contributed by atoms with van der Waals surface area (Å²) in [5, 5.41) is 9.85. The zero-order valence-corrected chi connectivity index (χ0v) is 15.5. The Morgan fingerprint density at radius 3 is 2.17 bits per heavy atom. The Kier molecular flexibility index (Phi) is 7.25. The molecule has 2 amide bonds. The first-order valence-corrected chi connectivity index (χ1v) is 7.33. The van der Waals surface area contributed by atoms with Crippen LogP contribution < -0.4 is 16.4 Å². The largest absolute Gasteiger partial charge is 0.346 e. The van der Waals surface area contributed by atoms with Crippen molar-refractivity contribution < 1.29 is 9.59 Å². The van der Waals surface area contributed by atoms with Gasteiger partial charge in [-0.25, -0.2) is 4.68 Å². The molecule has 0 fully saturated rings. The molecule has 8 heteroatoms. The van der Waals surface area contributed by atoms with E-state index in [9.17, 15) is 9.59 Å². The number of halogens is 1. The topological polar surface area (TPSA) is 102 Å². The van der Waals surface area contributed by atoms with E-state index in [0.29, 0.717) is 5.82 Å². The average molecular weight is 346 g/mol. The second-order valence-corrected chi connectivity index (χ2v) is 7.28. The summed E-state index contributed by atoms with van der Waals surface area (Å²) in [4.78, 5) is 23.1. The number of nitrogens with one attached hydrogen (secondary N) is 2. The van der Waals surface area contributed by atoms with Crippen molar-refractivity contribution in [3.8, 4) is 0 Å². The lowest BCUT2D eigenvalue weighted by atomic mass is 9.92. The van der Waals surface area contributed by atoms with Gasteiger partial charge in [-0.15, -0.1) is 12.4 Å². The van der Waals surface area contributed by atoms with E-state index in [-0.39, 0.29) is 48.3 Å². The number of amides is 2. The van der Waals surface area contributed by atoms with Gasteiger partial charge in [0.05, 0.1) is 24.3 Å². The van der Waals surface area contributed by atoms with Crippen molar-refractivity contribution >= 4 is 30.0 Å². The first-order chi connectivity index (χ1) is 9.95. The SMILES string of the molecule is CC(C)(C)c1cc(NC(=O)CNC(=O)CN)n(C(C)(C)C)n1.Cl. The van der Waals surface area contributed by atoms with Gasteiger partial charge in [-0.2, -0.15) is 5.10 Å². The third kappa shape index (κ3) is 6.19. The Hall–Kier alpha value is -1.60. The molecule has 0 bridgehead atoms. The van der Waals surface area contributed by atoms with Crippen molar-refractivity contribution in [2.45, 2.75) is 52.5 Å². The molecule has 1 rings (SSSR count). The lowest BCUT2D eigenvalue weighted by Gasteiger charge is -2.23. The predicted molar refractivity (Wildman–Crippen MR) is 93.9 cm³/mol. The van der Waals surface area contributed by atoms with Gasteiger partial charge >= 0.3 is 0 Å². The minimum Gasteiger partial charge on any atom is -0.346 e. The van der Waals surface area contributed by atoms with Crippen LogP contribution in [0.1, 0.15) is 47.2 Å². The number of carbonyl (C=O) groups is 2. The van der Waals surface area contributed by atoms with Crippen molar-refractivity contribution in [1.29, 1.82) is 0 Å². The van der Waals surface area contributed by atoms with Crippen molar-refractivity contribution in [1.82, 2.24) is 15.1 Å². The molecule has 1 aromatic rings. The van der Waals surface area contributed by atoms with E-state index in [0.717, 1.165) is 5.69 Å². The maximum absolute atomic E-state index is 12.0. The predicted octanol–water partition coefficient (Wildman–Crippen LogP) is 1.37. The fraction of sp³-hybridized carbons (Fsp3) is 0.667. The zero-order chi connectivity index (χ0) is 17.1. The third-order valence-corrected chi connectivity index (χ3v) is 3.01. The van der Waals surface area contributed by atoms with Crippen LogP contribution in [0.5, 0.6) is 0 Å². The van der Waals surface area contributed by atoms with Gasteiger partial charge in [0.2, 0.25) is 11.8 Å². The molecule has 0 aromatic carbocycles. The molecular formula is C15H28ClN5O2. The summed E-state index contributed by atoms with van der Waals surface area (Å²) in [5.74, 6) is -0.0630. The van der Waals surface area contributed by atoms with Gasteiger partial charge < -0.3 is 16.4 Å². The molecule has 0 atom stereocenters. The van der Waals surface area contributed by atoms with Gasteiger partial charge in [-0.05, 0) is 20.8 Å². The highest BCUT2D eigenvalue weighted by molar-refractivity contribution is 5.94. The summed E-state index contributed by atoms with van der Waals surface area (Å²) in [5.41, 5.74) is 5.69. The molecule has 23 heavy (non-hydrogen) atoms. The van der Waals surface area contributed by atoms with Gasteiger partial charge in [0.15, 0.2) is 0 Å². The van der Waals surface area contributed by atoms with Gasteiger partial charge in [-0.1, -0.05) is 20.8 Å². The summed E-state index contributed by atoms with van der Waals surface area (Å²) >= 11 is 0. The van der Waals surface area contributed by atoms with Crippen LogP contribution >= 0.6 is 12.4 Å². The van der Waals surface area contributed by atoms with Crippen LogP contribution in [-0.4, -0.2) is 34.7 Å². The molecule has 0 aliphatic heterocycles. The van der Waals surface area contributed by atoms with Gasteiger partial charge in [0, 0.05) is 11.5 Å². The fourth-order valence-corrected chi connectivity index (χ4v) is 1.79. The molecule has 7 nitrogen and oxygen atoms in total. The van der Waals surface area contributed by atoms with Crippen molar-refractivity contribution in [2.24, 2.45) is 5.73 Å². The summed E-state index contributed by atoms with van der Waals surface area (Å²) in [6, 6.07) is 1.87. The molecule has 1 aromatic heterocycles. The number of hydrogen-bond acceptors (Lipinski definition) is 4. The van der Waals surface area contributed by atoms with Crippen LogP contribution in [-0.2, 0) is 20.5 Å². The summed E-state index contributed by atoms with van der Waals surface area (Å²) in [7, 11) is 0. The summed E-state index contributed by atoms with van der Waals surface area (Å²) < 4.78 is 1.79. The molecule has 0 aliphatic rings. The second-order valence-electron chi connectivity index (χ2n) is 7.28. The van der Waals surface area contributed by atoms with Gasteiger partial charge in [0.1, 0.15) is 5.82 Å². The Balaban J connectivity index is 0.00000484. The molecule has 0 unspecified atom stereocenters. The monoisotopic (exact) mass is 345 g/mol. The quantitative estimate of drug-likeness (QED) is 0.766. The Morgan fingerprint density at radius 1 is 1.17 bits per heavy atom. The minimum absolute atomic E-state index is 0. The van der Waals surface area contributed by atoms with Crippen molar-refractivity contribution in [2.75, 3.05) is 18.4 Å². The Bertz CT molecular complexity index is 555. The third-order valence-electron chi connectivity index (χ3n) is 3.01. The number of nitrogens with two attached hydrogens (primary N) is 1. The van der Waals surface area contributed by atoms with Crippen LogP contribution in [0.3, 0.4) is 0 Å². The van der Waals surface area contributed by atoms with E-state index in [1.807, 2.05) is 26.8 Å². The van der Waals surface area contributed by atoms with E-state index >= 15 is 0 Å². The number of hydrogen-bond donors (Lipinski definition) is 3. The van der Waals surface area contributed by atoms with Crippen LogP contribution in [0.25, 0.3) is 0 Å². The fourth-order valence-electron chi connectivity index (χ4n) is 1.79. The zero-order valence-electron chi connectivity index (χ0n) is 14.7. The molecule has 0 spiro atoms. The van der Waals surface area contributed by atoms with Crippen molar-refractivity contribution in [3.05, 3.63) is 11.8 Å². The standard InChI is InChI=1S/C15H27N5O2.ClH/c1-14(2,3)10-7-11(20(19-10)15(4,5)6)18-13(22)9-17-12(21)8-16;/h7H,8-9,16H2,1-6H3,(H,17,21)(H,18,22);1H. The van der Waals surface area contributed by atoms with Crippen LogP contribution in [0.2, 0.25) is 0 Å².